The number of epoxide rings is 5. The maximum Gasteiger partial charge on any atom is 0.340 e. The molecule has 0 saturated carbocycles. The molecule has 5 aliphatic heterocycles. The molecule has 0 radical (unpaired) electrons. The minimum absolute atomic E-state index is 0.0174. The molecule has 0 aromatic carbocycles. The van der Waals surface area contributed by atoms with Crippen molar-refractivity contribution >= 4 is 0 Å². The molecule has 0 aliphatic carbocycles. The van der Waals surface area contributed by atoms with Gasteiger partial charge in [0, 0.05) is 6.42 Å². The third-order valence-corrected chi connectivity index (χ3v) is 5.44. The average molecular weight is 432 g/mol. The highest BCUT2D eigenvalue weighted by atomic mass is 16.9. The van der Waals surface area contributed by atoms with Crippen molar-refractivity contribution in [2.75, 3.05) is 66.1 Å². The van der Waals surface area contributed by atoms with Crippen molar-refractivity contribution in [2.24, 2.45) is 0 Å². The van der Waals surface area contributed by atoms with Gasteiger partial charge >= 0.3 is 5.97 Å². The van der Waals surface area contributed by atoms with Crippen LogP contribution >= 0.6 is 0 Å². The summed E-state index contributed by atoms with van der Waals surface area (Å²) in [4.78, 5) is 0. The van der Waals surface area contributed by atoms with Gasteiger partial charge in [-0.3, -0.25) is 0 Å². The molecule has 0 amide bonds. The molecular weight excluding hydrogens is 400 g/mol. The van der Waals surface area contributed by atoms with E-state index in [2.05, 4.69) is 6.92 Å². The van der Waals surface area contributed by atoms with Crippen molar-refractivity contribution in [3.63, 3.8) is 0 Å². The molecule has 30 heavy (non-hydrogen) atoms. The van der Waals surface area contributed by atoms with Crippen molar-refractivity contribution < 1.29 is 47.4 Å². The number of ether oxygens (including phenoxy) is 10. The van der Waals surface area contributed by atoms with Crippen LogP contribution in [0.2, 0.25) is 0 Å². The van der Waals surface area contributed by atoms with Crippen LogP contribution in [0.5, 0.6) is 0 Å². The van der Waals surface area contributed by atoms with E-state index in [4.69, 9.17) is 47.4 Å². The fourth-order valence-electron chi connectivity index (χ4n) is 3.18. The zero-order valence-corrected chi connectivity index (χ0v) is 17.5. The lowest BCUT2D eigenvalue weighted by Crippen LogP contribution is -2.64. The van der Waals surface area contributed by atoms with Gasteiger partial charge in [0.25, 0.3) is 5.79 Å². The van der Waals surface area contributed by atoms with Crippen LogP contribution in [-0.4, -0.2) is 108 Å². The van der Waals surface area contributed by atoms with E-state index in [1.54, 1.807) is 0 Å². The topological polar surface area (TPSA) is 109 Å². The Morgan fingerprint density at radius 3 is 1.13 bits per heavy atom. The van der Waals surface area contributed by atoms with E-state index in [1.807, 2.05) is 0 Å². The zero-order valence-electron chi connectivity index (χ0n) is 17.5. The molecule has 0 spiro atoms. The normalized spacial score (nSPS) is 37.3. The van der Waals surface area contributed by atoms with Gasteiger partial charge in [-0.25, -0.2) is 0 Å². The van der Waals surface area contributed by atoms with Crippen molar-refractivity contribution in [1.82, 2.24) is 0 Å². The monoisotopic (exact) mass is 432 g/mol. The Labute approximate surface area is 176 Å². The van der Waals surface area contributed by atoms with E-state index in [1.165, 1.54) is 0 Å². The number of hydrogen-bond acceptors (Lipinski definition) is 10. The summed E-state index contributed by atoms with van der Waals surface area (Å²) in [6.07, 6.45) is 1.43. The minimum Gasteiger partial charge on any atom is -0.371 e. The van der Waals surface area contributed by atoms with Crippen LogP contribution in [0.25, 0.3) is 0 Å². The predicted molar refractivity (Wildman–Crippen MR) is 98.8 cm³/mol. The Morgan fingerprint density at radius 2 is 0.867 bits per heavy atom. The third kappa shape index (κ3) is 5.89. The molecule has 5 saturated heterocycles. The van der Waals surface area contributed by atoms with Gasteiger partial charge in [0.1, 0.15) is 30.5 Å². The summed E-state index contributed by atoms with van der Waals surface area (Å²) in [5.41, 5.74) is 0. The predicted octanol–water partition coefficient (Wildman–Crippen LogP) is 0.214. The first-order chi connectivity index (χ1) is 14.7. The summed E-state index contributed by atoms with van der Waals surface area (Å²) in [5.74, 6) is -2.88. The van der Waals surface area contributed by atoms with Gasteiger partial charge in [0.05, 0.1) is 66.1 Å². The Bertz CT molecular complexity index is 497. The summed E-state index contributed by atoms with van der Waals surface area (Å²) in [6.45, 7) is 7.04. The molecule has 0 N–H and O–H groups in total. The van der Waals surface area contributed by atoms with Crippen LogP contribution < -0.4 is 0 Å². The molecule has 5 atom stereocenters. The highest BCUT2D eigenvalue weighted by Crippen LogP contribution is 2.41. The fourth-order valence-corrected chi connectivity index (χ4v) is 3.18. The van der Waals surface area contributed by atoms with Gasteiger partial charge in [-0.15, -0.1) is 0 Å². The molecular formula is C20H32O10. The lowest BCUT2D eigenvalue weighted by molar-refractivity contribution is -0.501. The van der Waals surface area contributed by atoms with E-state index in [0.29, 0.717) is 72.5 Å². The van der Waals surface area contributed by atoms with Crippen LogP contribution in [0, 0.1) is 0 Å². The smallest absolute Gasteiger partial charge is 0.340 e. The maximum atomic E-state index is 6.40. The molecule has 10 nitrogen and oxygen atoms in total. The van der Waals surface area contributed by atoms with Crippen molar-refractivity contribution in [3.8, 4) is 0 Å². The van der Waals surface area contributed by atoms with Crippen molar-refractivity contribution in [1.29, 1.82) is 0 Å². The first-order valence-corrected chi connectivity index (χ1v) is 11.0. The molecule has 5 rings (SSSR count). The largest absolute Gasteiger partial charge is 0.371 e. The lowest BCUT2D eigenvalue weighted by atomic mass is 10.1. The Hall–Kier alpha value is -0.400. The molecule has 0 bridgehead atoms. The quantitative estimate of drug-likeness (QED) is 0.220. The van der Waals surface area contributed by atoms with Crippen LogP contribution in [-0.2, 0) is 47.4 Å². The summed E-state index contributed by atoms with van der Waals surface area (Å²) >= 11 is 0. The van der Waals surface area contributed by atoms with E-state index in [0.717, 1.165) is 6.42 Å². The Kier molecular flexibility index (Phi) is 6.59. The highest BCUT2D eigenvalue weighted by Gasteiger charge is 2.61. The second-order valence-electron chi connectivity index (χ2n) is 8.39. The lowest BCUT2D eigenvalue weighted by Gasteiger charge is -2.47. The zero-order chi connectivity index (χ0) is 20.4. The van der Waals surface area contributed by atoms with E-state index < -0.39 is 11.8 Å². The van der Waals surface area contributed by atoms with E-state index in [-0.39, 0.29) is 30.5 Å². The first kappa shape index (κ1) is 21.4. The Balaban J connectivity index is 1.40. The third-order valence-electron chi connectivity index (χ3n) is 5.44. The summed E-state index contributed by atoms with van der Waals surface area (Å²) < 4.78 is 58.6. The fraction of sp³-hybridized carbons (Fsp3) is 1.00. The summed E-state index contributed by atoms with van der Waals surface area (Å²) in [7, 11) is 0. The summed E-state index contributed by atoms with van der Waals surface area (Å²) in [6, 6.07) is 0. The van der Waals surface area contributed by atoms with E-state index in [9.17, 15) is 0 Å². The molecule has 5 aliphatic rings. The second kappa shape index (κ2) is 9.22. The van der Waals surface area contributed by atoms with Gasteiger partial charge < -0.3 is 47.4 Å². The van der Waals surface area contributed by atoms with Gasteiger partial charge in [-0.2, -0.15) is 0 Å². The molecule has 5 heterocycles. The SMILES string of the molecule is CCCC(OCC1CO1)(OCC1CO1)C(OCC1CO1)(OCC1CO1)OCC1CO1. The van der Waals surface area contributed by atoms with Crippen LogP contribution in [0.4, 0.5) is 0 Å². The second-order valence-corrected chi connectivity index (χ2v) is 8.39. The molecule has 5 unspecified atom stereocenters. The van der Waals surface area contributed by atoms with E-state index >= 15 is 0 Å². The van der Waals surface area contributed by atoms with Gasteiger partial charge in [-0.05, 0) is 0 Å². The molecule has 0 aromatic rings. The number of rotatable bonds is 18. The van der Waals surface area contributed by atoms with Crippen molar-refractivity contribution in [2.45, 2.75) is 62.0 Å². The molecule has 10 heteroatoms. The number of hydrogen-bond donors (Lipinski definition) is 0. The minimum atomic E-state index is -1.59. The molecule has 0 aromatic heterocycles. The van der Waals surface area contributed by atoms with Crippen LogP contribution in [0.3, 0.4) is 0 Å². The summed E-state index contributed by atoms with van der Waals surface area (Å²) in [5, 5.41) is 0. The average Bonchev–Trinajstić information content (AvgIpc) is 3.54. The van der Waals surface area contributed by atoms with Crippen LogP contribution in [0.1, 0.15) is 19.8 Å². The Morgan fingerprint density at radius 1 is 0.567 bits per heavy atom. The molecule has 5 fully saturated rings. The van der Waals surface area contributed by atoms with Crippen molar-refractivity contribution in [3.05, 3.63) is 0 Å². The maximum absolute atomic E-state index is 6.40. The van der Waals surface area contributed by atoms with Gasteiger partial charge in [-0.1, -0.05) is 13.3 Å². The van der Waals surface area contributed by atoms with Gasteiger partial charge in [0.2, 0.25) is 0 Å². The highest BCUT2D eigenvalue weighted by molar-refractivity contribution is 4.89. The molecule has 172 valence electrons. The van der Waals surface area contributed by atoms with Gasteiger partial charge in [0.15, 0.2) is 0 Å². The standard InChI is InChI=1S/C20H32O10/c1-2-3-19(26-9-14-4-21-14,27-10-15-5-22-15)20(28-11-16-6-23-16,29-12-17-7-24-17)30-13-18-8-25-18/h14-18H,2-13H2,1H3. The first-order valence-electron chi connectivity index (χ1n) is 11.0. The van der Waals surface area contributed by atoms with Crippen LogP contribution in [0.15, 0.2) is 0 Å².